The number of fused-ring (bicyclic) bond motifs is 1. The number of hydrogen-bond donors (Lipinski definition) is 1. The predicted octanol–water partition coefficient (Wildman–Crippen LogP) is 6.76. The number of cyclic esters (lactones) is 1. The van der Waals surface area contributed by atoms with Gasteiger partial charge in [0.05, 0.1) is 6.10 Å². The van der Waals surface area contributed by atoms with Gasteiger partial charge in [0.2, 0.25) is 0 Å². The molecule has 1 atom stereocenters. The molecular weight excluding hydrogens is 451 g/mol. The van der Waals surface area contributed by atoms with Gasteiger partial charge < -0.3 is 14.6 Å². The molecule has 0 spiro atoms. The van der Waals surface area contributed by atoms with Crippen LogP contribution in [0.4, 0.5) is 0 Å². The van der Waals surface area contributed by atoms with Crippen molar-refractivity contribution >= 4 is 41.0 Å². The molecule has 1 aliphatic heterocycles. The van der Waals surface area contributed by atoms with E-state index in [4.69, 9.17) is 32.7 Å². The van der Waals surface area contributed by atoms with Crippen LogP contribution >= 0.6 is 23.2 Å². The van der Waals surface area contributed by atoms with Crippen molar-refractivity contribution in [3.05, 3.63) is 63.1 Å². The van der Waals surface area contributed by atoms with E-state index in [1.807, 2.05) is 6.08 Å². The Balaban J connectivity index is 1.86. The molecule has 0 unspecified atom stereocenters. The molecule has 0 aliphatic carbocycles. The smallest absolute Gasteiger partial charge is 0.342 e. The largest absolute Gasteiger partial charge is 0.507 e. The molecule has 0 radical (unpaired) electrons. The number of rotatable bonds is 3. The molecule has 2 aromatic carbocycles. The lowest BCUT2D eigenvalue weighted by Crippen LogP contribution is -2.17. The van der Waals surface area contributed by atoms with Gasteiger partial charge in [0.1, 0.15) is 29.5 Å². The van der Waals surface area contributed by atoms with Gasteiger partial charge in [-0.05, 0) is 56.4 Å². The van der Waals surface area contributed by atoms with Crippen molar-refractivity contribution in [1.29, 1.82) is 0 Å². The number of halogens is 2. The van der Waals surface area contributed by atoms with Crippen molar-refractivity contribution in [2.45, 2.75) is 58.2 Å². The Hall–Kier alpha value is -2.50. The fourth-order valence-corrected chi connectivity index (χ4v) is 3.96. The highest BCUT2D eigenvalue weighted by Crippen LogP contribution is 2.32. The Morgan fingerprint density at radius 2 is 1.91 bits per heavy atom. The first-order valence-electron chi connectivity index (χ1n) is 10.7. The summed E-state index contributed by atoms with van der Waals surface area (Å²) in [5, 5.41) is 11.6. The SMILES string of the molecule is C[C@H]1CCCC(=O)CCC/C=C/c2cc(OCc3ccc(Cl)cc3Cl)cc(O)c2C(=O)O1. The molecule has 1 heterocycles. The van der Waals surface area contributed by atoms with Crippen LogP contribution in [0.2, 0.25) is 10.0 Å². The summed E-state index contributed by atoms with van der Waals surface area (Å²) in [6, 6.07) is 8.19. The molecule has 170 valence electrons. The van der Waals surface area contributed by atoms with E-state index in [0.717, 1.165) is 12.0 Å². The second-order valence-corrected chi connectivity index (χ2v) is 8.72. The van der Waals surface area contributed by atoms with Crippen LogP contribution in [0.25, 0.3) is 6.08 Å². The fourth-order valence-electron chi connectivity index (χ4n) is 3.50. The predicted molar refractivity (Wildman–Crippen MR) is 126 cm³/mol. The van der Waals surface area contributed by atoms with E-state index in [1.165, 1.54) is 6.07 Å². The quantitative estimate of drug-likeness (QED) is 0.495. The summed E-state index contributed by atoms with van der Waals surface area (Å²) < 4.78 is 11.3. The van der Waals surface area contributed by atoms with Gasteiger partial charge >= 0.3 is 5.97 Å². The van der Waals surface area contributed by atoms with Crippen molar-refractivity contribution in [2.24, 2.45) is 0 Å². The van der Waals surface area contributed by atoms with Gasteiger partial charge in [0.15, 0.2) is 0 Å². The topological polar surface area (TPSA) is 72.8 Å². The second kappa shape index (κ2) is 11.4. The molecule has 32 heavy (non-hydrogen) atoms. The zero-order valence-corrected chi connectivity index (χ0v) is 19.4. The number of carbonyl (C=O) groups excluding carboxylic acids is 2. The molecule has 0 aromatic heterocycles. The molecule has 0 saturated heterocycles. The number of phenols is 1. The number of carbonyl (C=O) groups is 2. The molecule has 5 nitrogen and oxygen atoms in total. The summed E-state index contributed by atoms with van der Waals surface area (Å²) in [5.74, 6) is -0.216. The average Bonchev–Trinajstić information content (AvgIpc) is 2.72. The zero-order valence-electron chi connectivity index (χ0n) is 17.9. The molecular formula is C25H26Cl2O5. The molecule has 0 fully saturated rings. The molecule has 0 bridgehead atoms. The molecule has 0 amide bonds. The Morgan fingerprint density at radius 1 is 1.12 bits per heavy atom. The minimum absolute atomic E-state index is 0.0955. The average molecular weight is 477 g/mol. The number of allylic oxidation sites excluding steroid dienone is 1. The van der Waals surface area contributed by atoms with Crippen LogP contribution in [0.3, 0.4) is 0 Å². The van der Waals surface area contributed by atoms with Crippen LogP contribution in [0, 0.1) is 0 Å². The number of Topliss-reactive ketones (excluding diaryl/α,β-unsaturated/α-hetero) is 1. The maximum atomic E-state index is 12.8. The Labute approximate surface area is 197 Å². The van der Waals surface area contributed by atoms with E-state index in [0.29, 0.717) is 53.5 Å². The summed E-state index contributed by atoms with van der Waals surface area (Å²) in [4.78, 5) is 24.7. The minimum atomic E-state index is -0.606. The van der Waals surface area contributed by atoms with Crippen molar-refractivity contribution < 1.29 is 24.2 Å². The van der Waals surface area contributed by atoms with E-state index < -0.39 is 5.97 Å². The molecule has 7 heteroatoms. The third kappa shape index (κ3) is 6.75. The van der Waals surface area contributed by atoms with Crippen molar-refractivity contribution in [1.82, 2.24) is 0 Å². The van der Waals surface area contributed by atoms with E-state index >= 15 is 0 Å². The van der Waals surface area contributed by atoms with Gasteiger partial charge in [-0.1, -0.05) is 41.4 Å². The van der Waals surface area contributed by atoms with E-state index in [1.54, 1.807) is 37.3 Å². The van der Waals surface area contributed by atoms with Gasteiger partial charge in [0.25, 0.3) is 0 Å². The zero-order chi connectivity index (χ0) is 23.1. The minimum Gasteiger partial charge on any atom is -0.507 e. The van der Waals surface area contributed by atoms with Crippen molar-refractivity contribution in [2.75, 3.05) is 0 Å². The van der Waals surface area contributed by atoms with Crippen LogP contribution < -0.4 is 4.74 Å². The van der Waals surface area contributed by atoms with Gasteiger partial charge in [0, 0.05) is 34.5 Å². The number of esters is 1. The number of aromatic hydroxyl groups is 1. The highest BCUT2D eigenvalue weighted by Gasteiger charge is 2.21. The standard InChI is InChI=1S/C25H26Cl2O5/c1-16-6-5-9-20(28)8-4-2-3-7-17-12-21(14-23(29)24(17)25(30)32-16)31-15-18-10-11-19(26)13-22(18)27/h3,7,10-14,16,29H,2,4-6,8-9,15H2,1H3/b7-3+/t16-/m0/s1. The molecule has 3 rings (SSSR count). The number of hydrogen-bond acceptors (Lipinski definition) is 5. The molecule has 1 N–H and O–H groups in total. The highest BCUT2D eigenvalue weighted by atomic mass is 35.5. The summed E-state index contributed by atoms with van der Waals surface area (Å²) >= 11 is 12.1. The van der Waals surface area contributed by atoms with Gasteiger partial charge in [-0.15, -0.1) is 0 Å². The number of benzene rings is 2. The van der Waals surface area contributed by atoms with E-state index in [9.17, 15) is 14.7 Å². The van der Waals surface area contributed by atoms with E-state index in [-0.39, 0.29) is 29.8 Å². The summed E-state index contributed by atoms with van der Waals surface area (Å²) in [6.07, 6.45) is 6.97. The first kappa shape index (κ1) is 24.1. The summed E-state index contributed by atoms with van der Waals surface area (Å²) in [5.41, 5.74) is 1.32. The van der Waals surface area contributed by atoms with Gasteiger partial charge in [-0.25, -0.2) is 4.79 Å². The normalized spacial score (nSPS) is 18.9. The van der Waals surface area contributed by atoms with Crippen molar-refractivity contribution in [3.8, 4) is 11.5 Å². The Bertz CT molecular complexity index is 1020. The first-order chi connectivity index (χ1) is 15.3. The van der Waals surface area contributed by atoms with Crippen LogP contribution in [0.1, 0.15) is 66.9 Å². The van der Waals surface area contributed by atoms with Crippen LogP contribution in [-0.4, -0.2) is 23.0 Å². The van der Waals surface area contributed by atoms with Crippen LogP contribution in [0.15, 0.2) is 36.4 Å². The maximum Gasteiger partial charge on any atom is 0.342 e. The number of phenolic OH excluding ortho intramolecular Hbond substituents is 1. The lowest BCUT2D eigenvalue weighted by molar-refractivity contribution is -0.119. The maximum absolute atomic E-state index is 12.8. The second-order valence-electron chi connectivity index (χ2n) is 7.87. The summed E-state index contributed by atoms with van der Waals surface area (Å²) in [7, 11) is 0. The highest BCUT2D eigenvalue weighted by molar-refractivity contribution is 6.35. The third-order valence-corrected chi connectivity index (χ3v) is 5.82. The molecule has 0 saturated carbocycles. The first-order valence-corrected chi connectivity index (χ1v) is 11.4. The Morgan fingerprint density at radius 3 is 2.69 bits per heavy atom. The molecule has 2 aromatic rings. The van der Waals surface area contributed by atoms with Gasteiger partial charge in [-0.3, -0.25) is 4.79 Å². The number of ether oxygens (including phenoxy) is 2. The third-order valence-electron chi connectivity index (χ3n) is 5.23. The lowest BCUT2D eigenvalue weighted by Gasteiger charge is -2.17. The number of ketones is 1. The van der Waals surface area contributed by atoms with Gasteiger partial charge in [-0.2, -0.15) is 0 Å². The Kier molecular flexibility index (Phi) is 8.60. The van der Waals surface area contributed by atoms with Crippen LogP contribution in [0.5, 0.6) is 11.5 Å². The van der Waals surface area contributed by atoms with Crippen LogP contribution in [-0.2, 0) is 16.1 Å². The summed E-state index contributed by atoms with van der Waals surface area (Å²) in [6.45, 7) is 1.95. The van der Waals surface area contributed by atoms with E-state index in [2.05, 4.69) is 0 Å². The monoisotopic (exact) mass is 476 g/mol. The lowest BCUT2D eigenvalue weighted by atomic mass is 10.0. The van der Waals surface area contributed by atoms with Crippen molar-refractivity contribution in [3.63, 3.8) is 0 Å². The fraction of sp³-hybridized carbons (Fsp3) is 0.360. The molecule has 1 aliphatic rings.